The van der Waals surface area contributed by atoms with Gasteiger partial charge in [-0.25, -0.2) is 18.3 Å². The van der Waals surface area contributed by atoms with Crippen LogP contribution < -0.4 is 9.47 Å². The number of carboxylic acids is 1. The summed E-state index contributed by atoms with van der Waals surface area (Å²) in [5.41, 5.74) is 1.81. The number of halogens is 2. The van der Waals surface area contributed by atoms with Gasteiger partial charge in [0.05, 0.1) is 13.7 Å². The van der Waals surface area contributed by atoms with Gasteiger partial charge in [0, 0.05) is 12.8 Å². The molecule has 0 atom stereocenters. The van der Waals surface area contributed by atoms with E-state index in [1.54, 1.807) is 19.2 Å². The summed E-state index contributed by atoms with van der Waals surface area (Å²) >= 11 is 0. The molecule has 1 aromatic heterocycles. The first kappa shape index (κ1) is 18.9. The van der Waals surface area contributed by atoms with Crippen molar-refractivity contribution in [2.75, 3.05) is 7.11 Å². The average Bonchev–Trinajstić information content (AvgIpc) is 3.26. The number of methoxy groups -OCH3 is 1. The monoisotopic (exact) mass is 401 g/mol. The van der Waals surface area contributed by atoms with Crippen molar-refractivity contribution in [1.82, 2.24) is 15.0 Å². The molecule has 0 bridgehead atoms. The maximum absolute atomic E-state index is 13.5. The lowest BCUT2D eigenvalue weighted by atomic mass is 10.1. The largest absolute Gasteiger partial charge is 0.497 e. The lowest BCUT2D eigenvalue weighted by Crippen LogP contribution is -2.20. The van der Waals surface area contributed by atoms with Gasteiger partial charge in [0.15, 0.2) is 11.6 Å². The quantitative estimate of drug-likeness (QED) is 0.684. The summed E-state index contributed by atoms with van der Waals surface area (Å²) in [4.78, 5) is 11.5. The van der Waals surface area contributed by atoms with E-state index < -0.39 is 23.7 Å². The predicted molar refractivity (Wildman–Crippen MR) is 97.3 cm³/mol. The van der Waals surface area contributed by atoms with Crippen molar-refractivity contribution in [2.45, 2.75) is 25.5 Å². The Morgan fingerprint density at radius 1 is 1.17 bits per heavy atom. The molecule has 0 amide bonds. The van der Waals surface area contributed by atoms with E-state index in [-0.39, 0.29) is 18.1 Å². The standard InChI is InChI=1S/C20H17F2N3O4/c1-28-14-4-2-11(3-5-14)10-25-19(18(20(26)27)23-24-25)29-15-6-12-8-16(21)17(22)9-13(12)7-15/h2-5,8-9,15H,6-7,10H2,1H3,(H,26,27). The lowest BCUT2D eigenvalue weighted by molar-refractivity contribution is 0.0681. The van der Waals surface area contributed by atoms with Gasteiger partial charge >= 0.3 is 5.97 Å². The maximum Gasteiger partial charge on any atom is 0.362 e. The molecule has 1 aliphatic rings. The third-order valence-corrected chi connectivity index (χ3v) is 4.80. The van der Waals surface area contributed by atoms with E-state index in [0.29, 0.717) is 29.7 Å². The minimum Gasteiger partial charge on any atom is -0.497 e. The van der Waals surface area contributed by atoms with Gasteiger partial charge in [-0.1, -0.05) is 17.3 Å². The van der Waals surface area contributed by atoms with E-state index in [4.69, 9.17) is 9.47 Å². The van der Waals surface area contributed by atoms with Gasteiger partial charge in [-0.3, -0.25) is 0 Å². The minimum atomic E-state index is -1.27. The zero-order chi connectivity index (χ0) is 20.5. The molecule has 0 aliphatic heterocycles. The van der Waals surface area contributed by atoms with Gasteiger partial charge in [0.1, 0.15) is 11.9 Å². The number of aromatic nitrogens is 3. The van der Waals surface area contributed by atoms with E-state index >= 15 is 0 Å². The highest BCUT2D eigenvalue weighted by molar-refractivity contribution is 5.87. The normalized spacial score (nSPS) is 13.3. The molecule has 1 aliphatic carbocycles. The fourth-order valence-electron chi connectivity index (χ4n) is 3.38. The Morgan fingerprint density at radius 3 is 2.34 bits per heavy atom. The summed E-state index contributed by atoms with van der Waals surface area (Å²) < 4.78 is 39.4. The summed E-state index contributed by atoms with van der Waals surface area (Å²) in [5, 5.41) is 17.0. The molecule has 1 N–H and O–H groups in total. The van der Waals surface area contributed by atoms with Crippen molar-refractivity contribution >= 4 is 5.97 Å². The molecule has 0 saturated heterocycles. The zero-order valence-electron chi connectivity index (χ0n) is 15.4. The molecule has 4 rings (SSSR count). The number of carboxylic acid groups (broad SMARTS) is 1. The molecule has 0 spiro atoms. The Balaban J connectivity index is 1.57. The van der Waals surface area contributed by atoms with Crippen LogP contribution in [0.15, 0.2) is 36.4 Å². The molecular weight excluding hydrogens is 384 g/mol. The third kappa shape index (κ3) is 3.75. The molecule has 0 saturated carbocycles. The fourth-order valence-corrected chi connectivity index (χ4v) is 3.38. The van der Waals surface area contributed by atoms with Crippen LogP contribution in [0.1, 0.15) is 27.2 Å². The van der Waals surface area contributed by atoms with Crippen molar-refractivity contribution in [1.29, 1.82) is 0 Å². The number of benzene rings is 2. The Morgan fingerprint density at radius 2 is 1.79 bits per heavy atom. The van der Waals surface area contributed by atoms with Gasteiger partial charge in [-0.2, -0.15) is 0 Å². The molecule has 29 heavy (non-hydrogen) atoms. The Hall–Kier alpha value is -3.49. The lowest BCUT2D eigenvalue weighted by Gasteiger charge is -2.14. The second-order valence-corrected chi connectivity index (χ2v) is 6.74. The minimum absolute atomic E-state index is 0.00654. The van der Waals surface area contributed by atoms with Crippen molar-refractivity contribution < 1.29 is 28.2 Å². The molecule has 0 fully saturated rings. The molecule has 7 nitrogen and oxygen atoms in total. The van der Waals surface area contributed by atoms with E-state index in [0.717, 1.165) is 17.7 Å². The van der Waals surface area contributed by atoms with Gasteiger partial charge in [0.2, 0.25) is 11.6 Å². The Labute approximate surface area is 164 Å². The number of hydrogen-bond donors (Lipinski definition) is 1. The number of rotatable bonds is 6. The maximum atomic E-state index is 13.5. The van der Waals surface area contributed by atoms with Crippen LogP contribution in [-0.2, 0) is 19.4 Å². The third-order valence-electron chi connectivity index (χ3n) is 4.80. The molecule has 0 radical (unpaired) electrons. The molecule has 2 aromatic carbocycles. The molecular formula is C20H17F2N3O4. The van der Waals surface area contributed by atoms with Gasteiger partial charge in [-0.05, 0) is 41.0 Å². The average molecular weight is 401 g/mol. The molecule has 0 unspecified atom stereocenters. The van der Waals surface area contributed by atoms with Gasteiger partial charge in [-0.15, -0.1) is 5.10 Å². The van der Waals surface area contributed by atoms with Crippen LogP contribution >= 0.6 is 0 Å². The van der Waals surface area contributed by atoms with E-state index in [1.165, 1.54) is 4.68 Å². The topological polar surface area (TPSA) is 86.5 Å². The van der Waals surface area contributed by atoms with Crippen molar-refractivity contribution in [2.24, 2.45) is 0 Å². The summed E-state index contributed by atoms with van der Waals surface area (Å²) in [5.74, 6) is -2.40. The number of fused-ring (bicyclic) bond motifs is 1. The number of ether oxygens (including phenoxy) is 2. The second-order valence-electron chi connectivity index (χ2n) is 6.74. The summed E-state index contributed by atoms with van der Waals surface area (Å²) in [6, 6.07) is 9.50. The molecule has 9 heteroatoms. The first-order valence-corrected chi connectivity index (χ1v) is 8.87. The zero-order valence-corrected chi connectivity index (χ0v) is 15.4. The first-order valence-electron chi connectivity index (χ1n) is 8.87. The molecule has 150 valence electrons. The van der Waals surface area contributed by atoms with Crippen LogP contribution in [0.3, 0.4) is 0 Å². The summed E-state index contributed by atoms with van der Waals surface area (Å²) in [6.07, 6.45) is 0.191. The number of carbonyl (C=O) groups is 1. The predicted octanol–water partition coefficient (Wildman–Crippen LogP) is 2.86. The number of nitrogens with zero attached hydrogens (tertiary/aromatic N) is 3. The first-order chi connectivity index (χ1) is 13.9. The SMILES string of the molecule is COc1ccc(Cn2nnc(C(=O)O)c2OC2Cc3cc(F)c(F)cc3C2)cc1. The van der Waals surface area contributed by atoms with Crippen molar-refractivity contribution in [3.8, 4) is 11.6 Å². The van der Waals surface area contributed by atoms with Gasteiger partial charge < -0.3 is 14.6 Å². The Bertz CT molecular complexity index is 1040. The number of hydrogen-bond acceptors (Lipinski definition) is 5. The Kier molecular flexibility index (Phi) is 4.87. The highest BCUT2D eigenvalue weighted by atomic mass is 19.2. The van der Waals surface area contributed by atoms with Crippen LogP contribution in [-0.4, -0.2) is 39.3 Å². The van der Waals surface area contributed by atoms with E-state index in [1.807, 2.05) is 12.1 Å². The molecule has 1 heterocycles. The molecule has 3 aromatic rings. The highest BCUT2D eigenvalue weighted by Crippen LogP contribution is 2.29. The smallest absolute Gasteiger partial charge is 0.362 e. The highest BCUT2D eigenvalue weighted by Gasteiger charge is 2.29. The van der Waals surface area contributed by atoms with Crippen molar-refractivity contribution in [3.05, 3.63) is 70.4 Å². The number of aromatic carboxylic acids is 1. The van der Waals surface area contributed by atoms with E-state index in [2.05, 4.69) is 10.3 Å². The van der Waals surface area contributed by atoms with E-state index in [9.17, 15) is 18.7 Å². The van der Waals surface area contributed by atoms with Crippen LogP contribution in [0.4, 0.5) is 8.78 Å². The van der Waals surface area contributed by atoms with Crippen LogP contribution in [0.2, 0.25) is 0 Å². The second kappa shape index (κ2) is 7.50. The van der Waals surface area contributed by atoms with Gasteiger partial charge in [0.25, 0.3) is 0 Å². The summed E-state index contributed by atoms with van der Waals surface area (Å²) in [6.45, 7) is 0.239. The summed E-state index contributed by atoms with van der Waals surface area (Å²) in [7, 11) is 1.56. The van der Waals surface area contributed by atoms with Crippen molar-refractivity contribution in [3.63, 3.8) is 0 Å². The van der Waals surface area contributed by atoms with Crippen LogP contribution in [0, 0.1) is 11.6 Å². The fraction of sp³-hybridized carbons (Fsp3) is 0.250. The van der Waals surface area contributed by atoms with Crippen LogP contribution in [0.25, 0.3) is 0 Å². The van der Waals surface area contributed by atoms with Crippen LogP contribution in [0.5, 0.6) is 11.6 Å².